The van der Waals surface area contributed by atoms with E-state index >= 15 is 0 Å². The van der Waals surface area contributed by atoms with Crippen LogP contribution < -0.4 is 4.85 Å². The summed E-state index contributed by atoms with van der Waals surface area (Å²) in [6, 6.07) is 14.6. The zero-order chi connectivity index (χ0) is 14.4. The summed E-state index contributed by atoms with van der Waals surface area (Å²) >= 11 is 6.02. The first-order chi connectivity index (χ1) is 10.2. The van der Waals surface area contributed by atoms with Gasteiger partial charge in [0.2, 0.25) is 5.65 Å². The van der Waals surface area contributed by atoms with Crippen molar-refractivity contribution < 1.29 is 4.85 Å². The van der Waals surface area contributed by atoms with Gasteiger partial charge < -0.3 is 5.21 Å². The molecule has 0 spiro atoms. The highest BCUT2D eigenvalue weighted by molar-refractivity contribution is 6.30. The Bertz CT molecular complexity index is 980. The number of rotatable bonds is 1. The lowest BCUT2D eigenvalue weighted by Crippen LogP contribution is -2.33. The lowest BCUT2D eigenvalue weighted by atomic mass is 10.1. The van der Waals surface area contributed by atoms with Gasteiger partial charge in [-0.1, -0.05) is 35.9 Å². The molecule has 2 aromatic heterocycles. The van der Waals surface area contributed by atoms with Crippen molar-refractivity contribution in [3.05, 3.63) is 65.0 Å². The standard InChI is InChI=1S/C15H9ClN4O/c16-11-5-3-4-10(8-11)12-9-17-19-13-6-1-2-7-14(13)20(21)18-15(12)19/h1-9H. The van der Waals surface area contributed by atoms with Crippen LogP contribution in [0, 0.1) is 5.21 Å². The van der Waals surface area contributed by atoms with Crippen molar-refractivity contribution in [2.75, 3.05) is 0 Å². The summed E-state index contributed by atoms with van der Waals surface area (Å²) in [5.41, 5.74) is 3.34. The number of hydrogen-bond acceptors (Lipinski definition) is 3. The van der Waals surface area contributed by atoms with Crippen molar-refractivity contribution in [3.8, 4) is 11.1 Å². The van der Waals surface area contributed by atoms with Crippen molar-refractivity contribution in [3.63, 3.8) is 0 Å². The smallest absolute Gasteiger partial charge is 0.270 e. The minimum absolute atomic E-state index is 0.478. The molecule has 4 rings (SSSR count). The van der Waals surface area contributed by atoms with Crippen molar-refractivity contribution in [1.29, 1.82) is 0 Å². The van der Waals surface area contributed by atoms with Gasteiger partial charge in [-0.2, -0.15) is 5.10 Å². The molecule has 21 heavy (non-hydrogen) atoms. The zero-order valence-electron chi connectivity index (χ0n) is 10.8. The first kappa shape index (κ1) is 12.1. The fourth-order valence-corrected chi connectivity index (χ4v) is 2.61. The Kier molecular flexibility index (Phi) is 2.55. The maximum absolute atomic E-state index is 12.1. The number of hydrogen-bond donors (Lipinski definition) is 0. The van der Waals surface area contributed by atoms with Crippen molar-refractivity contribution in [2.24, 2.45) is 0 Å². The van der Waals surface area contributed by atoms with E-state index in [1.807, 2.05) is 30.3 Å². The molecule has 0 radical (unpaired) electrons. The third kappa shape index (κ3) is 1.82. The lowest BCUT2D eigenvalue weighted by Gasteiger charge is -2.02. The second-order valence-electron chi connectivity index (χ2n) is 4.67. The van der Waals surface area contributed by atoms with Crippen LogP contribution in [0.4, 0.5) is 0 Å². The molecule has 0 bridgehead atoms. The highest BCUT2D eigenvalue weighted by Gasteiger charge is 2.16. The van der Waals surface area contributed by atoms with E-state index in [1.165, 1.54) is 0 Å². The van der Waals surface area contributed by atoms with Crippen LogP contribution in [0.15, 0.2) is 54.7 Å². The van der Waals surface area contributed by atoms with E-state index < -0.39 is 0 Å². The topological polar surface area (TPSA) is 57.1 Å². The van der Waals surface area contributed by atoms with Gasteiger partial charge in [0.1, 0.15) is 5.52 Å². The largest absolute Gasteiger partial charge is 0.594 e. The Hall–Kier alpha value is -2.66. The number of fused-ring (bicyclic) bond motifs is 3. The fourth-order valence-electron chi connectivity index (χ4n) is 2.42. The van der Waals surface area contributed by atoms with E-state index in [0.717, 1.165) is 11.1 Å². The molecule has 5 nitrogen and oxygen atoms in total. The van der Waals surface area contributed by atoms with Crippen LogP contribution in [-0.4, -0.2) is 14.7 Å². The number of aromatic nitrogens is 4. The Labute approximate surface area is 124 Å². The van der Waals surface area contributed by atoms with Crippen LogP contribution in [0.5, 0.6) is 0 Å². The Balaban J connectivity index is 2.09. The Morgan fingerprint density at radius 2 is 1.95 bits per heavy atom. The molecule has 102 valence electrons. The van der Waals surface area contributed by atoms with Gasteiger partial charge in [-0.15, -0.1) is 0 Å². The normalized spacial score (nSPS) is 11.3. The molecule has 0 aliphatic carbocycles. The predicted octanol–water partition coefficient (Wildman–Crippen LogP) is 2.84. The summed E-state index contributed by atoms with van der Waals surface area (Å²) in [4.78, 5) is 0.625. The van der Waals surface area contributed by atoms with Gasteiger partial charge in [-0.25, -0.2) is 4.52 Å². The van der Waals surface area contributed by atoms with Crippen molar-refractivity contribution >= 4 is 28.3 Å². The molecule has 0 aliphatic heterocycles. The molecule has 2 aromatic carbocycles. The van der Waals surface area contributed by atoms with Crippen LogP contribution in [0.2, 0.25) is 5.02 Å². The first-order valence-electron chi connectivity index (χ1n) is 6.36. The van der Waals surface area contributed by atoms with Crippen LogP contribution in [0.1, 0.15) is 0 Å². The number of halogens is 1. The molecule has 4 aromatic rings. The minimum Gasteiger partial charge on any atom is -0.594 e. The van der Waals surface area contributed by atoms with Crippen LogP contribution in [0.3, 0.4) is 0 Å². The third-order valence-electron chi connectivity index (χ3n) is 3.38. The van der Waals surface area contributed by atoms with E-state index in [9.17, 15) is 5.21 Å². The van der Waals surface area contributed by atoms with Gasteiger partial charge in [0.05, 0.1) is 11.8 Å². The maximum atomic E-state index is 12.1. The second-order valence-corrected chi connectivity index (χ2v) is 5.10. The van der Waals surface area contributed by atoms with E-state index in [4.69, 9.17) is 11.6 Å². The summed E-state index contributed by atoms with van der Waals surface area (Å²) in [5.74, 6) is 0. The molecular formula is C15H9ClN4O. The van der Waals surface area contributed by atoms with Crippen LogP contribution in [-0.2, 0) is 0 Å². The van der Waals surface area contributed by atoms with Gasteiger partial charge in [-0.3, -0.25) is 0 Å². The number of nitrogens with zero attached hydrogens (tertiary/aromatic N) is 4. The summed E-state index contributed by atoms with van der Waals surface area (Å²) in [7, 11) is 0. The average Bonchev–Trinajstić information content (AvgIpc) is 2.91. The molecule has 0 unspecified atom stereocenters. The molecule has 0 saturated carbocycles. The van der Waals surface area contributed by atoms with Gasteiger partial charge >= 0.3 is 0 Å². The molecule has 2 heterocycles. The monoisotopic (exact) mass is 296 g/mol. The molecule has 0 N–H and O–H groups in total. The van der Waals surface area contributed by atoms with Crippen LogP contribution in [0.25, 0.3) is 27.8 Å². The highest BCUT2D eigenvalue weighted by atomic mass is 35.5. The minimum atomic E-state index is 0.478. The molecule has 0 fully saturated rings. The first-order valence-corrected chi connectivity index (χ1v) is 6.74. The summed E-state index contributed by atoms with van der Waals surface area (Å²) in [6.45, 7) is 0. The van der Waals surface area contributed by atoms with E-state index in [-0.39, 0.29) is 0 Å². The van der Waals surface area contributed by atoms with Crippen LogP contribution >= 0.6 is 11.6 Å². The van der Waals surface area contributed by atoms with Gasteiger partial charge in [0, 0.05) is 16.2 Å². The molecule has 0 aliphatic rings. The molecule has 0 atom stereocenters. The third-order valence-corrected chi connectivity index (χ3v) is 3.62. The zero-order valence-corrected chi connectivity index (χ0v) is 11.5. The summed E-state index contributed by atoms with van der Waals surface area (Å²) < 4.78 is 1.67. The fraction of sp³-hybridized carbons (Fsp3) is 0. The highest BCUT2D eigenvalue weighted by Crippen LogP contribution is 2.26. The number of benzene rings is 2. The Morgan fingerprint density at radius 3 is 2.81 bits per heavy atom. The van der Waals surface area contributed by atoms with E-state index in [0.29, 0.717) is 26.5 Å². The molecule has 0 amide bonds. The molecule has 0 saturated heterocycles. The predicted molar refractivity (Wildman–Crippen MR) is 79.9 cm³/mol. The summed E-state index contributed by atoms with van der Waals surface area (Å²) in [5, 5.41) is 21.1. The van der Waals surface area contributed by atoms with Gasteiger partial charge in [0.15, 0.2) is 0 Å². The second kappa shape index (κ2) is 4.43. The van der Waals surface area contributed by atoms with E-state index in [2.05, 4.69) is 10.2 Å². The summed E-state index contributed by atoms with van der Waals surface area (Å²) in [6.07, 6.45) is 1.69. The lowest BCUT2D eigenvalue weighted by molar-refractivity contribution is -0.640. The Morgan fingerprint density at radius 1 is 1.10 bits per heavy atom. The van der Waals surface area contributed by atoms with Gasteiger partial charge in [0.25, 0.3) is 5.52 Å². The molecular weight excluding hydrogens is 288 g/mol. The average molecular weight is 297 g/mol. The number of para-hydroxylation sites is 2. The quantitative estimate of drug-likeness (QED) is 0.401. The van der Waals surface area contributed by atoms with E-state index in [1.54, 1.807) is 28.9 Å². The van der Waals surface area contributed by atoms with Gasteiger partial charge in [-0.05, 0) is 28.6 Å². The van der Waals surface area contributed by atoms with Crippen molar-refractivity contribution in [1.82, 2.24) is 14.7 Å². The van der Waals surface area contributed by atoms with Crippen molar-refractivity contribution in [2.45, 2.75) is 0 Å². The maximum Gasteiger partial charge on any atom is 0.270 e. The SMILES string of the molecule is [O-][n+]1nc2c(-c3cccc(Cl)c3)cnn2c2ccccc21. The molecule has 6 heteroatoms.